The fourth-order valence-electron chi connectivity index (χ4n) is 6.09. The summed E-state index contributed by atoms with van der Waals surface area (Å²) in [5.74, 6) is 1.13. The van der Waals surface area contributed by atoms with Crippen molar-refractivity contribution in [2.45, 2.75) is 51.1 Å². The van der Waals surface area contributed by atoms with Gasteiger partial charge in [0.05, 0.1) is 22.2 Å². The van der Waals surface area contributed by atoms with Gasteiger partial charge in [0.15, 0.2) is 0 Å². The van der Waals surface area contributed by atoms with Crippen molar-refractivity contribution in [1.82, 2.24) is 18.8 Å². The molecule has 2 aromatic carbocycles. The third kappa shape index (κ3) is 3.62. The molecule has 1 saturated heterocycles. The second-order valence-electron chi connectivity index (χ2n) is 10.3. The topological polar surface area (TPSA) is 80.2 Å². The van der Waals surface area contributed by atoms with Crippen molar-refractivity contribution in [2.75, 3.05) is 19.7 Å². The van der Waals surface area contributed by atoms with Crippen molar-refractivity contribution < 1.29 is 4.74 Å². The number of rotatable bonds is 2. The Morgan fingerprint density at radius 1 is 1.11 bits per heavy atom. The molecule has 2 fully saturated rings. The maximum absolute atomic E-state index is 13.3. The van der Waals surface area contributed by atoms with Crippen LogP contribution in [0.4, 0.5) is 0 Å². The van der Waals surface area contributed by atoms with Crippen LogP contribution in [0.3, 0.4) is 0 Å². The molecular weight excluding hydrogens is 460 g/mol. The van der Waals surface area contributed by atoms with E-state index in [9.17, 15) is 9.59 Å². The van der Waals surface area contributed by atoms with Crippen molar-refractivity contribution in [3.63, 3.8) is 0 Å². The van der Waals surface area contributed by atoms with Crippen LogP contribution in [0, 0.1) is 5.92 Å². The van der Waals surface area contributed by atoms with Crippen LogP contribution in [-0.2, 0) is 6.54 Å². The summed E-state index contributed by atoms with van der Waals surface area (Å²) < 4.78 is 9.19. The molecule has 0 radical (unpaired) electrons. The van der Waals surface area contributed by atoms with E-state index in [1.165, 1.54) is 30.8 Å². The second kappa shape index (κ2) is 8.31. The number of hydrogen-bond donors (Lipinski definition) is 1. The van der Waals surface area contributed by atoms with Crippen molar-refractivity contribution in [2.24, 2.45) is 5.92 Å². The summed E-state index contributed by atoms with van der Waals surface area (Å²) >= 11 is 1.47. The molecule has 180 valence electrons. The fourth-order valence-corrected chi connectivity index (χ4v) is 7.32. The monoisotopic (exact) mass is 488 g/mol. The zero-order chi connectivity index (χ0) is 23.5. The Labute approximate surface area is 206 Å². The van der Waals surface area contributed by atoms with Crippen LogP contribution >= 0.6 is 11.5 Å². The minimum atomic E-state index is -0.241. The molecule has 2 atom stereocenters. The third-order valence-corrected chi connectivity index (χ3v) is 9.17. The Morgan fingerprint density at radius 3 is 2.89 bits per heavy atom. The lowest BCUT2D eigenvalue weighted by atomic mass is 10.1. The molecule has 2 aromatic heterocycles. The van der Waals surface area contributed by atoms with Gasteiger partial charge in [0.25, 0.3) is 11.1 Å². The molecule has 1 saturated carbocycles. The molecule has 1 unspecified atom stereocenters. The summed E-state index contributed by atoms with van der Waals surface area (Å²) in [5, 5.41) is 0.669. The molecule has 0 spiro atoms. The van der Waals surface area contributed by atoms with E-state index in [1.54, 1.807) is 0 Å². The van der Waals surface area contributed by atoms with Crippen LogP contribution in [0.2, 0.25) is 0 Å². The molecule has 7 nitrogen and oxygen atoms in total. The van der Waals surface area contributed by atoms with Gasteiger partial charge in [-0.25, -0.2) is 4.98 Å². The van der Waals surface area contributed by atoms with Gasteiger partial charge in [0.2, 0.25) is 0 Å². The number of ether oxygens (including phenoxy) is 1. The molecule has 4 aromatic rings. The van der Waals surface area contributed by atoms with Gasteiger partial charge in [-0.05, 0) is 74.9 Å². The highest BCUT2D eigenvalue weighted by molar-refractivity contribution is 7.14. The summed E-state index contributed by atoms with van der Waals surface area (Å²) in [6, 6.07) is 9.96. The standard InChI is InChI=1S/C27H28N4O3S/c32-26-23-19-5-4-6-20-25(19)35-31(27(20)33)18-8-7-16(11-18)15-34-22-13-17(12-21(28-26)24(22)29-23)14-30-9-2-1-3-10-30/h4-6,12-13,16,18H,1-3,7-11,14-15H2,(H,28,32)/t16?,18-/m1/s1. The number of benzene rings is 2. The number of fused-ring (bicyclic) bond motifs is 6. The fraction of sp³-hybridized carbons (Fsp3) is 0.444. The lowest BCUT2D eigenvalue weighted by molar-refractivity contribution is 0.220. The van der Waals surface area contributed by atoms with E-state index in [4.69, 9.17) is 9.72 Å². The molecular formula is C27H28N4O3S. The number of piperidine rings is 1. The highest BCUT2D eigenvalue weighted by Gasteiger charge is 2.30. The van der Waals surface area contributed by atoms with E-state index in [-0.39, 0.29) is 17.2 Å². The summed E-state index contributed by atoms with van der Waals surface area (Å²) in [7, 11) is 0. The molecule has 4 heterocycles. The molecule has 35 heavy (non-hydrogen) atoms. The SMILES string of the molecule is O=c1[nH]c2cc(CN3CCCCC3)cc3c2nc1-c1cccc2c(=O)n(sc12)[C@@H]1CCC(CO3)C1. The van der Waals surface area contributed by atoms with E-state index in [0.29, 0.717) is 40.2 Å². The van der Waals surface area contributed by atoms with E-state index in [1.807, 2.05) is 28.2 Å². The lowest BCUT2D eigenvalue weighted by Crippen LogP contribution is -2.29. The minimum Gasteiger partial charge on any atom is -0.491 e. The largest absolute Gasteiger partial charge is 0.491 e. The summed E-state index contributed by atoms with van der Waals surface area (Å²) in [4.78, 5) is 37.0. The molecule has 7 rings (SSSR count). The van der Waals surface area contributed by atoms with E-state index >= 15 is 0 Å². The number of H-pyrrole nitrogens is 1. The predicted molar refractivity (Wildman–Crippen MR) is 138 cm³/mol. The van der Waals surface area contributed by atoms with Gasteiger partial charge in [0, 0.05) is 18.2 Å². The molecule has 8 heteroatoms. The van der Waals surface area contributed by atoms with Crippen LogP contribution in [0.1, 0.15) is 50.1 Å². The molecule has 1 N–H and O–H groups in total. The molecule has 1 aliphatic carbocycles. The molecule has 2 aliphatic heterocycles. The predicted octanol–water partition coefficient (Wildman–Crippen LogP) is 4.69. The first-order valence-electron chi connectivity index (χ1n) is 12.7. The average Bonchev–Trinajstić information content (AvgIpc) is 3.47. The Balaban J connectivity index is 1.43. The van der Waals surface area contributed by atoms with Crippen LogP contribution in [0.25, 0.3) is 32.4 Å². The van der Waals surface area contributed by atoms with Crippen LogP contribution in [-0.4, -0.2) is 38.5 Å². The minimum absolute atomic E-state index is 0.0377. The first-order chi connectivity index (χ1) is 17.1. The third-order valence-electron chi connectivity index (χ3n) is 7.89. The first-order valence-corrected chi connectivity index (χ1v) is 13.5. The highest BCUT2D eigenvalue weighted by atomic mass is 32.1. The molecule has 6 bridgehead atoms. The zero-order valence-electron chi connectivity index (χ0n) is 19.6. The van der Waals surface area contributed by atoms with Crippen molar-refractivity contribution in [3.8, 4) is 17.0 Å². The number of likely N-dealkylation sites (tertiary alicyclic amines) is 1. The van der Waals surface area contributed by atoms with Crippen LogP contribution in [0.5, 0.6) is 5.75 Å². The number of nitrogens with zero attached hydrogens (tertiary/aromatic N) is 3. The number of hydrogen-bond acceptors (Lipinski definition) is 6. The van der Waals surface area contributed by atoms with Gasteiger partial charge in [-0.2, -0.15) is 0 Å². The summed E-state index contributed by atoms with van der Waals surface area (Å²) in [6.45, 7) is 3.66. The molecule has 0 amide bonds. The Morgan fingerprint density at radius 2 is 2.00 bits per heavy atom. The number of aromatic amines is 1. The maximum Gasteiger partial charge on any atom is 0.275 e. The highest BCUT2D eigenvalue weighted by Crippen LogP contribution is 2.39. The number of nitrogens with one attached hydrogen (secondary N) is 1. The first kappa shape index (κ1) is 21.3. The molecule has 3 aliphatic rings. The van der Waals surface area contributed by atoms with Crippen molar-refractivity contribution >= 4 is 32.7 Å². The Kier molecular flexibility index (Phi) is 5.06. The van der Waals surface area contributed by atoms with Crippen LogP contribution < -0.4 is 15.9 Å². The summed E-state index contributed by atoms with van der Waals surface area (Å²) in [5.41, 5.74) is 3.38. The zero-order valence-corrected chi connectivity index (χ0v) is 20.4. The van der Waals surface area contributed by atoms with E-state index in [0.717, 1.165) is 54.9 Å². The van der Waals surface area contributed by atoms with Crippen LogP contribution in [0.15, 0.2) is 39.9 Å². The van der Waals surface area contributed by atoms with Gasteiger partial charge >= 0.3 is 0 Å². The smallest absolute Gasteiger partial charge is 0.275 e. The Bertz CT molecular complexity index is 1560. The summed E-state index contributed by atoms with van der Waals surface area (Å²) in [6.07, 6.45) is 6.72. The average molecular weight is 489 g/mol. The van der Waals surface area contributed by atoms with Crippen molar-refractivity contribution in [1.29, 1.82) is 0 Å². The van der Waals surface area contributed by atoms with Gasteiger partial charge in [-0.3, -0.25) is 18.4 Å². The second-order valence-corrected chi connectivity index (χ2v) is 11.3. The van der Waals surface area contributed by atoms with E-state index in [2.05, 4.69) is 16.0 Å². The Hall–Kier alpha value is -2.97. The van der Waals surface area contributed by atoms with Gasteiger partial charge in [-0.15, -0.1) is 0 Å². The maximum atomic E-state index is 13.3. The van der Waals surface area contributed by atoms with E-state index < -0.39 is 0 Å². The van der Waals surface area contributed by atoms with Crippen molar-refractivity contribution in [3.05, 3.63) is 56.6 Å². The van der Waals surface area contributed by atoms with Gasteiger partial charge in [-0.1, -0.05) is 30.1 Å². The quantitative estimate of drug-likeness (QED) is 0.443. The van der Waals surface area contributed by atoms with Gasteiger partial charge < -0.3 is 9.72 Å². The lowest BCUT2D eigenvalue weighted by Gasteiger charge is -2.26. The normalized spacial score (nSPS) is 22.3. The number of aromatic nitrogens is 3. The van der Waals surface area contributed by atoms with Gasteiger partial charge in [0.1, 0.15) is 17.0 Å².